The standard InChI is InChI=1S/C27H43N7O8.C3H8.C2H6/c1-16(2)21(22(28)36)34(6)26(40)41-15-17-9-11-18(12-10-17)32-23(37)19(8-7-13-30-24(29)38)33-20(35)14-31-25(39)42-27(3,4)5;1-3-2;1-2/h9-12,16,19,21H,7-8,13-15H2,1-6H3,(H2,28,36)(H,31,39)(H,32,37)(H,33,35)(H3,29,30,38);3H2,1-2H3;1-2H3/t19-,21-;;/m0../s1. The van der Waals surface area contributed by atoms with E-state index in [4.69, 9.17) is 20.9 Å². The summed E-state index contributed by atoms with van der Waals surface area (Å²) < 4.78 is 10.4. The van der Waals surface area contributed by atoms with Gasteiger partial charge in [-0.2, -0.15) is 0 Å². The van der Waals surface area contributed by atoms with E-state index in [2.05, 4.69) is 35.1 Å². The Hall–Kier alpha value is -4.56. The summed E-state index contributed by atoms with van der Waals surface area (Å²) in [4.78, 5) is 73.4. The van der Waals surface area contributed by atoms with E-state index in [1.165, 1.54) is 13.5 Å². The molecule has 0 fully saturated rings. The number of amides is 7. The van der Waals surface area contributed by atoms with Gasteiger partial charge in [0.15, 0.2) is 0 Å². The van der Waals surface area contributed by atoms with E-state index in [1.807, 2.05) is 13.8 Å². The van der Waals surface area contributed by atoms with Gasteiger partial charge in [0, 0.05) is 19.3 Å². The number of hydrogen-bond donors (Lipinski definition) is 6. The fourth-order valence-corrected chi connectivity index (χ4v) is 3.74. The zero-order chi connectivity index (χ0) is 36.7. The van der Waals surface area contributed by atoms with Crippen molar-refractivity contribution in [2.45, 2.75) is 106 Å². The predicted molar refractivity (Wildman–Crippen MR) is 181 cm³/mol. The van der Waals surface area contributed by atoms with Crippen molar-refractivity contribution in [1.82, 2.24) is 20.9 Å². The molecule has 0 aliphatic heterocycles. The van der Waals surface area contributed by atoms with Crippen LogP contribution in [0.15, 0.2) is 24.3 Å². The van der Waals surface area contributed by atoms with E-state index in [0.29, 0.717) is 17.7 Å². The highest BCUT2D eigenvalue weighted by Crippen LogP contribution is 2.14. The number of nitrogens with two attached hydrogens (primary N) is 2. The van der Waals surface area contributed by atoms with E-state index in [0.717, 1.165) is 4.90 Å². The summed E-state index contributed by atoms with van der Waals surface area (Å²) in [6, 6.07) is 3.90. The first-order chi connectivity index (χ1) is 21.9. The molecule has 0 aromatic heterocycles. The maximum atomic E-state index is 13.0. The third kappa shape index (κ3) is 21.0. The molecular weight excluding hydrogens is 610 g/mol. The zero-order valence-corrected chi connectivity index (χ0v) is 29.7. The lowest BCUT2D eigenvalue weighted by Crippen LogP contribution is -2.48. The molecule has 0 saturated carbocycles. The second-order valence-electron chi connectivity index (χ2n) is 11.6. The van der Waals surface area contributed by atoms with Crippen LogP contribution in [0.25, 0.3) is 0 Å². The largest absolute Gasteiger partial charge is 0.445 e. The molecule has 8 N–H and O–H groups in total. The Morgan fingerprint density at radius 2 is 1.49 bits per heavy atom. The molecule has 0 unspecified atom stereocenters. The minimum Gasteiger partial charge on any atom is -0.445 e. The van der Waals surface area contributed by atoms with Crippen molar-refractivity contribution in [2.75, 3.05) is 25.5 Å². The van der Waals surface area contributed by atoms with E-state index in [9.17, 15) is 28.8 Å². The van der Waals surface area contributed by atoms with E-state index < -0.39 is 60.2 Å². The number of urea groups is 1. The smallest absolute Gasteiger partial charge is 0.410 e. The van der Waals surface area contributed by atoms with Crippen molar-refractivity contribution in [3.05, 3.63) is 29.8 Å². The summed E-state index contributed by atoms with van der Waals surface area (Å²) in [6.45, 7) is 16.5. The number of hydrogen-bond acceptors (Lipinski definition) is 8. The van der Waals surface area contributed by atoms with Crippen LogP contribution in [0.3, 0.4) is 0 Å². The van der Waals surface area contributed by atoms with Crippen molar-refractivity contribution < 1.29 is 38.2 Å². The van der Waals surface area contributed by atoms with Crippen LogP contribution in [0.2, 0.25) is 0 Å². The van der Waals surface area contributed by atoms with Gasteiger partial charge in [0.2, 0.25) is 17.7 Å². The monoisotopic (exact) mass is 667 g/mol. The highest BCUT2D eigenvalue weighted by atomic mass is 16.6. The number of primary amides is 2. The number of nitrogens with one attached hydrogen (secondary N) is 4. The zero-order valence-electron chi connectivity index (χ0n) is 29.7. The van der Waals surface area contributed by atoms with E-state index in [-0.39, 0.29) is 25.5 Å². The molecular formula is C32H57N7O8. The summed E-state index contributed by atoms with van der Waals surface area (Å²) in [5, 5.41) is 10.00. The van der Waals surface area contributed by atoms with Crippen LogP contribution in [-0.4, -0.2) is 78.7 Å². The van der Waals surface area contributed by atoms with Gasteiger partial charge in [-0.25, -0.2) is 14.4 Å². The fraction of sp³-hybridized carbons (Fsp3) is 0.625. The lowest BCUT2D eigenvalue weighted by atomic mass is 10.0. The second-order valence-corrected chi connectivity index (χ2v) is 11.6. The third-order valence-electron chi connectivity index (χ3n) is 5.62. The number of ether oxygens (including phenoxy) is 2. The van der Waals surface area contributed by atoms with Crippen LogP contribution in [0.4, 0.5) is 20.1 Å². The SMILES string of the molecule is CC.CC(C)[C@@H](C(N)=O)N(C)C(=O)OCc1ccc(NC(=O)[C@H](CCCNC(N)=O)NC(=O)CNC(=O)OC(C)(C)C)cc1.CCC. The molecule has 0 heterocycles. The average molecular weight is 668 g/mol. The molecule has 0 saturated heterocycles. The van der Waals surface area contributed by atoms with Crippen LogP contribution in [0, 0.1) is 5.92 Å². The normalized spacial score (nSPS) is 11.6. The molecule has 268 valence electrons. The number of carbonyl (C=O) groups excluding carboxylic acids is 6. The number of alkyl carbamates (subject to hydrolysis) is 1. The van der Waals surface area contributed by atoms with Crippen LogP contribution in [0.5, 0.6) is 0 Å². The van der Waals surface area contributed by atoms with Crippen molar-refractivity contribution in [3.8, 4) is 0 Å². The van der Waals surface area contributed by atoms with Crippen LogP contribution >= 0.6 is 0 Å². The second kappa shape index (κ2) is 23.7. The first kappa shape index (κ1) is 44.6. The number of nitrogens with zero attached hydrogens (tertiary/aromatic N) is 1. The highest BCUT2D eigenvalue weighted by molar-refractivity contribution is 5.97. The number of carbonyl (C=O) groups is 6. The summed E-state index contributed by atoms with van der Waals surface area (Å²) in [6.07, 6.45) is 0.242. The number of rotatable bonds is 14. The molecule has 0 radical (unpaired) electrons. The molecule has 15 heteroatoms. The minimum atomic E-state index is -0.997. The van der Waals surface area contributed by atoms with Crippen LogP contribution < -0.4 is 32.7 Å². The Labute approximate surface area is 279 Å². The summed E-state index contributed by atoms with van der Waals surface area (Å²) >= 11 is 0. The number of benzene rings is 1. The van der Waals surface area contributed by atoms with E-state index >= 15 is 0 Å². The van der Waals surface area contributed by atoms with Gasteiger partial charge < -0.3 is 42.2 Å². The Bertz CT molecular complexity index is 1120. The quantitative estimate of drug-likeness (QED) is 0.160. The lowest BCUT2D eigenvalue weighted by Gasteiger charge is -2.27. The molecule has 0 spiro atoms. The predicted octanol–water partition coefficient (Wildman–Crippen LogP) is 3.60. The van der Waals surface area contributed by atoms with Gasteiger partial charge in [-0.1, -0.05) is 60.1 Å². The van der Waals surface area contributed by atoms with Gasteiger partial charge in [0.25, 0.3) is 0 Å². The lowest BCUT2D eigenvalue weighted by molar-refractivity contribution is -0.126. The molecule has 0 aliphatic rings. The van der Waals surface area contributed by atoms with Crippen molar-refractivity contribution in [3.63, 3.8) is 0 Å². The number of likely N-dealkylation sites (N-methyl/N-ethyl adjacent to an activating group) is 1. The first-order valence-corrected chi connectivity index (χ1v) is 15.8. The Morgan fingerprint density at radius 3 is 1.96 bits per heavy atom. The Balaban J connectivity index is 0. The van der Waals surface area contributed by atoms with Gasteiger partial charge >= 0.3 is 18.2 Å². The maximum absolute atomic E-state index is 13.0. The van der Waals surface area contributed by atoms with Crippen molar-refractivity contribution in [1.29, 1.82) is 0 Å². The molecule has 2 atom stereocenters. The van der Waals surface area contributed by atoms with Crippen LogP contribution in [-0.2, 0) is 30.5 Å². The Morgan fingerprint density at radius 1 is 0.936 bits per heavy atom. The summed E-state index contributed by atoms with van der Waals surface area (Å²) in [5.41, 5.74) is 10.7. The van der Waals surface area contributed by atoms with Crippen molar-refractivity contribution >= 4 is 41.6 Å². The Kier molecular flexibility index (Phi) is 22.5. The van der Waals surface area contributed by atoms with Crippen LogP contribution in [0.1, 0.15) is 87.1 Å². The van der Waals surface area contributed by atoms with Gasteiger partial charge in [0.05, 0.1) is 0 Å². The molecule has 7 amide bonds. The van der Waals surface area contributed by atoms with Gasteiger partial charge in [0.1, 0.15) is 30.8 Å². The molecule has 0 bridgehead atoms. The molecule has 0 aliphatic carbocycles. The fourth-order valence-electron chi connectivity index (χ4n) is 3.74. The topological polar surface area (TPSA) is 224 Å². The van der Waals surface area contributed by atoms with Gasteiger partial charge in [-0.15, -0.1) is 0 Å². The highest BCUT2D eigenvalue weighted by Gasteiger charge is 2.29. The molecule has 47 heavy (non-hydrogen) atoms. The average Bonchev–Trinajstić information content (AvgIpc) is 2.97. The third-order valence-corrected chi connectivity index (χ3v) is 5.62. The first-order valence-electron chi connectivity index (χ1n) is 15.8. The number of anilines is 1. The summed E-state index contributed by atoms with van der Waals surface area (Å²) in [5.74, 6) is -1.99. The van der Waals surface area contributed by atoms with E-state index in [1.54, 1.807) is 58.9 Å². The molecule has 1 aromatic rings. The molecule has 15 nitrogen and oxygen atoms in total. The summed E-state index contributed by atoms with van der Waals surface area (Å²) in [7, 11) is 1.43. The van der Waals surface area contributed by atoms with Gasteiger partial charge in [-0.05, 0) is 57.2 Å². The molecule has 1 rings (SSSR count). The minimum absolute atomic E-state index is 0.0861. The molecule has 1 aromatic carbocycles. The maximum Gasteiger partial charge on any atom is 0.410 e. The van der Waals surface area contributed by atoms with Gasteiger partial charge in [-0.3, -0.25) is 19.3 Å². The van der Waals surface area contributed by atoms with Crippen molar-refractivity contribution in [2.24, 2.45) is 17.4 Å².